The Bertz CT molecular complexity index is 1490. The van der Waals surface area contributed by atoms with Crippen LogP contribution in [-0.2, 0) is 16.2 Å². The first-order valence-electron chi connectivity index (χ1n) is 14.3. The van der Waals surface area contributed by atoms with Crippen LogP contribution in [0.15, 0.2) is 55.9 Å². The van der Waals surface area contributed by atoms with Crippen molar-refractivity contribution in [2.45, 2.75) is 62.3 Å². The largest absolute Gasteiger partial charge is 0.484 e. The van der Waals surface area contributed by atoms with Gasteiger partial charge >= 0.3 is 0 Å². The van der Waals surface area contributed by atoms with Crippen LogP contribution in [0.2, 0.25) is 0 Å². The van der Waals surface area contributed by atoms with Crippen LogP contribution < -0.4 is 15.5 Å². The van der Waals surface area contributed by atoms with Gasteiger partial charge in [-0.3, -0.25) is 9.79 Å². The zero-order chi connectivity index (χ0) is 30.9. The molecular weight excluding hydrogens is 562 g/mol. The van der Waals surface area contributed by atoms with Crippen LogP contribution in [0.25, 0.3) is 11.0 Å². The van der Waals surface area contributed by atoms with E-state index in [0.717, 1.165) is 0 Å². The normalized spacial score (nSPS) is 24.6. The minimum Gasteiger partial charge on any atom is -0.484 e. The Morgan fingerprint density at radius 3 is 2.81 bits per heavy atom. The maximum absolute atomic E-state index is 12.6. The summed E-state index contributed by atoms with van der Waals surface area (Å²) in [5, 5.41) is 56.6. The van der Waals surface area contributed by atoms with Crippen molar-refractivity contribution < 1.29 is 44.5 Å². The number of aryl methyl sites for hydroxylation is 1. The van der Waals surface area contributed by atoms with Gasteiger partial charge in [-0.2, -0.15) is 0 Å². The van der Waals surface area contributed by atoms with Crippen molar-refractivity contribution in [3.8, 4) is 5.75 Å². The molecule has 5 rings (SSSR count). The molecule has 0 unspecified atom stereocenters. The van der Waals surface area contributed by atoms with Crippen molar-refractivity contribution in [1.29, 1.82) is 0 Å². The molecule has 3 aliphatic rings. The smallest absolute Gasteiger partial charge is 0.192 e. The molecule has 3 aliphatic heterocycles. The molecule has 6 atom stereocenters. The number of fused-ring (bicyclic) bond motifs is 3. The van der Waals surface area contributed by atoms with Crippen molar-refractivity contribution >= 4 is 17.2 Å². The monoisotopic (exact) mass is 601 g/mol. The van der Waals surface area contributed by atoms with E-state index in [1.54, 1.807) is 36.2 Å². The standard InChI is InChI=1S/C30H39N3O10/c1-17-10-22(35)19-11-18-12-27(29(2,6-8-31-3)42-24(18)13-25(19)41-17)43-40-15-26(37)30(39,28(38)23(36)14-34)16-33-9-5-20-21(33)4-7-32-20/h4-5,7,10-11,13,23,26-28,31,34,36-39H,6,8-9,12,14-16H2,1-3H3/t23-,26+,27-,28-,29+,30-/m1/s1. The molecule has 0 aliphatic carbocycles. The lowest BCUT2D eigenvalue weighted by Crippen LogP contribution is -2.63. The van der Waals surface area contributed by atoms with Gasteiger partial charge < -0.3 is 44.9 Å². The fourth-order valence-electron chi connectivity index (χ4n) is 5.73. The third-order valence-corrected chi connectivity index (χ3v) is 8.38. The second-order valence-corrected chi connectivity index (χ2v) is 11.5. The number of hydrogen-bond donors (Lipinski definition) is 6. The van der Waals surface area contributed by atoms with Gasteiger partial charge in [0.05, 0.1) is 29.9 Å². The number of β-amino-alcohol motifs (C(OH)–C–C–N with tert-alkyl or cyclic N) is 1. The molecule has 234 valence electrons. The van der Waals surface area contributed by atoms with E-state index < -0.39 is 48.8 Å². The number of allylic oxidation sites excluding steroid dienone is 1. The molecule has 0 fully saturated rings. The summed E-state index contributed by atoms with van der Waals surface area (Å²) in [5.41, 5.74) is -0.868. The van der Waals surface area contributed by atoms with Gasteiger partial charge in [0.2, 0.25) is 0 Å². The molecule has 0 saturated carbocycles. The molecule has 0 amide bonds. The highest BCUT2D eigenvalue weighted by Gasteiger charge is 2.49. The summed E-state index contributed by atoms with van der Waals surface area (Å²) in [6.45, 7) is 2.81. The van der Waals surface area contributed by atoms with Crippen LogP contribution in [0.1, 0.15) is 24.7 Å². The summed E-state index contributed by atoms with van der Waals surface area (Å²) in [4.78, 5) is 29.8. The van der Waals surface area contributed by atoms with E-state index in [0.29, 0.717) is 65.4 Å². The molecule has 0 bridgehead atoms. The van der Waals surface area contributed by atoms with Crippen LogP contribution in [-0.4, -0.2) is 112 Å². The van der Waals surface area contributed by atoms with Crippen LogP contribution >= 0.6 is 0 Å². The van der Waals surface area contributed by atoms with Gasteiger partial charge in [-0.25, -0.2) is 9.78 Å². The maximum Gasteiger partial charge on any atom is 0.192 e. The molecule has 0 saturated heterocycles. The predicted molar refractivity (Wildman–Crippen MR) is 156 cm³/mol. The second-order valence-electron chi connectivity index (χ2n) is 11.5. The van der Waals surface area contributed by atoms with Gasteiger partial charge in [-0.05, 0) is 51.2 Å². The molecule has 13 nitrogen and oxygen atoms in total. The molecule has 6 N–H and O–H groups in total. The first kappa shape index (κ1) is 31.3. The molecule has 2 aromatic rings. The lowest BCUT2D eigenvalue weighted by atomic mass is 9.86. The number of aliphatic hydroxyl groups excluding tert-OH is 4. The third-order valence-electron chi connectivity index (χ3n) is 8.38. The fourth-order valence-corrected chi connectivity index (χ4v) is 5.73. The van der Waals surface area contributed by atoms with E-state index in [-0.39, 0.29) is 12.0 Å². The number of aliphatic hydroxyl groups is 5. The van der Waals surface area contributed by atoms with Crippen molar-refractivity contribution in [3.05, 3.63) is 63.3 Å². The third kappa shape index (κ3) is 6.12. The van der Waals surface area contributed by atoms with E-state index in [9.17, 15) is 30.3 Å². The lowest BCUT2D eigenvalue weighted by molar-refractivity contribution is -0.364. The Morgan fingerprint density at radius 1 is 1.28 bits per heavy atom. The summed E-state index contributed by atoms with van der Waals surface area (Å²) < 4.78 is 12.2. The van der Waals surface area contributed by atoms with Gasteiger partial charge in [0.25, 0.3) is 0 Å². The Labute approximate surface area is 248 Å². The molecule has 13 heteroatoms. The topological polar surface area (TPSA) is 187 Å². The number of nitrogens with zero attached hydrogens (tertiary/aromatic N) is 2. The summed E-state index contributed by atoms with van der Waals surface area (Å²) in [6, 6.07) is 4.84. The Balaban J connectivity index is 1.33. The molecule has 0 radical (unpaired) electrons. The van der Waals surface area contributed by atoms with E-state index >= 15 is 0 Å². The van der Waals surface area contributed by atoms with E-state index in [2.05, 4.69) is 10.3 Å². The summed E-state index contributed by atoms with van der Waals surface area (Å²) in [5.74, 6) is 1.05. The number of benzene rings is 1. The lowest BCUT2D eigenvalue weighted by Gasteiger charge is -2.43. The van der Waals surface area contributed by atoms with Crippen molar-refractivity contribution in [2.75, 3.05) is 39.9 Å². The van der Waals surface area contributed by atoms with Crippen molar-refractivity contribution in [1.82, 2.24) is 10.2 Å². The number of rotatable bonds is 13. The molecule has 1 aromatic carbocycles. The van der Waals surface area contributed by atoms with Gasteiger partial charge in [0.1, 0.15) is 59.3 Å². The zero-order valence-electron chi connectivity index (χ0n) is 24.4. The minimum atomic E-state index is -2.33. The van der Waals surface area contributed by atoms with Gasteiger partial charge in [-0.15, -0.1) is 0 Å². The van der Waals surface area contributed by atoms with Gasteiger partial charge in [0.15, 0.2) is 5.43 Å². The van der Waals surface area contributed by atoms with Gasteiger partial charge in [0, 0.05) is 37.7 Å². The predicted octanol–water partition coefficient (Wildman–Crippen LogP) is -0.305. The number of hydrogen-bond acceptors (Lipinski definition) is 13. The number of aliphatic imine (C=N–C) groups is 1. The second kappa shape index (κ2) is 12.5. The average molecular weight is 602 g/mol. The quantitative estimate of drug-likeness (QED) is 0.130. The van der Waals surface area contributed by atoms with Crippen LogP contribution in [0.4, 0.5) is 0 Å². The van der Waals surface area contributed by atoms with E-state index in [1.165, 1.54) is 6.07 Å². The molecule has 1 aromatic heterocycles. The first-order chi connectivity index (χ1) is 20.5. The Kier molecular flexibility index (Phi) is 9.07. The molecule has 0 spiro atoms. The van der Waals surface area contributed by atoms with Crippen LogP contribution in [0, 0.1) is 6.92 Å². The highest BCUT2D eigenvalue weighted by atomic mass is 17.2. The molecule has 4 heterocycles. The first-order valence-corrected chi connectivity index (χ1v) is 14.3. The van der Waals surface area contributed by atoms with Crippen molar-refractivity contribution in [3.63, 3.8) is 0 Å². The zero-order valence-corrected chi connectivity index (χ0v) is 24.4. The molecular formula is C30H39N3O10. The summed E-state index contributed by atoms with van der Waals surface area (Å²) >= 11 is 0. The highest BCUT2D eigenvalue weighted by molar-refractivity contribution is 5.80. The van der Waals surface area contributed by atoms with E-state index in [1.807, 2.05) is 20.0 Å². The number of ether oxygens (including phenoxy) is 1. The maximum atomic E-state index is 12.6. The number of nitrogens with one attached hydrogen (secondary N) is 1. The van der Waals surface area contributed by atoms with Crippen LogP contribution in [0.3, 0.4) is 0 Å². The molecule has 43 heavy (non-hydrogen) atoms. The van der Waals surface area contributed by atoms with Crippen LogP contribution in [0.5, 0.6) is 5.75 Å². The highest BCUT2D eigenvalue weighted by Crippen LogP contribution is 2.39. The minimum absolute atomic E-state index is 0.176. The SMILES string of the molecule is CNCC[C@]1(C)Oc2cc3oc(C)cc(=O)c3cc2C[C@H]1OOC[C@H](O)[C@](O)(CN1CC=C2N=CC=C21)[C@H](O)[C@H](O)CO. The van der Waals surface area contributed by atoms with E-state index in [4.69, 9.17) is 18.9 Å². The Morgan fingerprint density at radius 2 is 2.07 bits per heavy atom. The fraction of sp³-hybridized carbons (Fsp3) is 0.533. The summed E-state index contributed by atoms with van der Waals surface area (Å²) in [7, 11) is 1.81. The average Bonchev–Trinajstić information content (AvgIpc) is 3.60. The Hall–Kier alpha value is -3.14. The van der Waals surface area contributed by atoms with Gasteiger partial charge in [-0.1, -0.05) is 0 Å². The van der Waals surface area contributed by atoms with Crippen molar-refractivity contribution in [2.24, 2.45) is 4.99 Å². The summed E-state index contributed by atoms with van der Waals surface area (Å²) in [6.07, 6.45) is -0.0884.